The molecule has 0 radical (unpaired) electrons. The minimum atomic E-state index is -3.96. The van der Waals surface area contributed by atoms with Gasteiger partial charge in [0.05, 0.1) is 16.8 Å². The van der Waals surface area contributed by atoms with Crippen molar-refractivity contribution in [1.29, 1.82) is 0 Å². The molecule has 2 N–H and O–H groups in total. The highest BCUT2D eigenvalue weighted by molar-refractivity contribution is 7.99. The van der Waals surface area contributed by atoms with Crippen LogP contribution >= 0.6 is 11.8 Å². The number of nitrogens with one attached hydrogen (secondary N) is 2. The van der Waals surface area contributed by atoms with Gasteiger partial charge in [-0.25, -0.2) is 13.4 Å². The van der Waals surface area contributed by atoms with E-state index < -0.39 is 20.3 Å². The fraction of sp³-hybridized carbons (Fsp3) is 0.150. The van der Waals surface area contributed by atoms with E-state index >= 15 is 0 Å². The Morgan fingerprint density at radius 2 is 1.76 bits per heavy atom. The Morgan fingerprint density at radius 1 is 1.10 bits per heavy atom. The molecule has 1 amide bonds. The van der Waals surface area contributed by atoms with Gasteiger partial charge in [0, 0.05) is 5.69 Å². The van der Waals surface area contributed by atoms with Gasteiger partial charge >= 0.3 is 0 Å². The van der Waals surface area contributed by atoms with Gasteiger partial charge in [0.25, 0.3) is 5.56 Å². The topological polar surface area (TPSA) is 109 Å². The number of hydrogen-bond donors (Lipinski definition) is 2. The Bertz CT molecular complexity index is 1190. The van der Waals surface area contributed by atoms with Gasteiger partial charge in [0.15, 0.2) is 10.1 Å². The maximum atomic E-state index is 12.6. The van der Waals surface area contributed by atoms with E-state index in [4.69, 9.17) is 0 Å². The minimum Gasteiger partial charge on any atom is -0.325 e. The smallest absolute Gasteiger partial charge is 0.270 e. The zero-order chi connectivity index (χ0) is 21.0. The number of thioether (sulfide) groups is 1. The normalized spacial score (nSPS) is 11.2. The maximum absolute atomic E-state index is 12.6. The van der Waals surface area contributed by atoms with Gasteiger partial charge in [-0.2, -0.15) is 0 Å². The van der Waals surface area contributed by atoms with Gasteiger partial charge in [-0.1, -0.05) is 36.0 Å². The van der Waals surface area contributed by atoms with E-state index in [0.717, 1.165) is 29.1 Å². The summed E-state index contributed by atoms with van der Waals surface area (Å²) in [5, 5.41) is 2.95. The quantitative estimate of drug-likeness (QED) is 0.461. The zero-order valence-electron chi connectivity index (χ0n) is 15.8. The van der Waals surface area contributed by atoms with Crippen molar-refractivity contribution in [1.82, 2.24) is 9.97 Å². The lowest BCUT2D eigenvalue weighted by molar-refractivity contribution is -0.113. The van der Waals surface area contributed by atoms with E-state index in [-0.39, 0.29) is 21.7 Å². The number of carbonyl (C=O) groups is 1. The van der Waals surface area contributed by atoms with Gasteiger partial charge in [-0.15, -0.1) is 0 Å². The van der Waals surface area contributed by atoms with Crippen LogP contribution in [0.3, 0.4) is 0 Å². The van der Waals surface area contributed by atoms with E-state index in [2.05, 4.69) is 15.3 Å². The predicted octanol–water partition coefficient (Wildman–Crippen LogP) is 2.95. The molecule has 0 atom stereocenters. The number of amides is 1. The summed E-state index contributed by atoms with van der Waals surface area (Å²) in [7, 11) is -3.96. The molecule has 0 unspecified atom stereocenters. The number of benzene rings is 2. The SMILES string of the molecule is Cc1cc(C)cc(NC(=O)CSc2ncc(S(=O)(=O)c3ccccc3)c(=O)[nH]2)c1. The molecule has 9 heteroatoms. The van der Waals surface area contributed by atoms with Crippen LogP contribution in [0.4, 0.5) is 5.69 Å². The molecule has 0 aliphatic heterocycles. The zero-order valence-corrected chi connectivity index (χ0v) is 17.4. The summed E-state index contributed by atoms with van der Waals surface area (Å²) >= 11 is 1.01. The first kappa shape index (κ1) is 20.8. The molecule has 1 aromatic heterocycles. The lowest BCUT2D eigenvalue weighted by atomic mass is 10.1. The fourth-order valence-electron chi connectivity index (χ4n) is 2.74. The Hall–Kier alpha value is -2.91. The number of rotatable bonds is 6. The Balaban J connectivity index is 1.69. The van der Waals surface area contributed by atoms with Crippen LogP contribution in [-0.4, -0.2) is 30.0 Å². The molecule has 0 fully saturated rings. The van der Waals surface area contributed by atoms with E-state index in [1.807, 2.05) is 32.0 Å². The van der Waals surface area contributed by atoms with Crippen LogP contribution in [0, 0.1) is 13.8 Å². The Kier molecular flexibility index (Phi) is 6.19. The van der Waals surface area contributed by atoms with Crippen molar-refractivity contribution in [2.75, 3.05) is 11.1 Å². The van der Waals surface area contributed by atoms with Gasteiger partial charge in [-0.05, 0) is 49.2 Å². The van der Waals surface area contributed by atoms with Crippen molar-refractivity contribution in [2.45, 2.75) is 28.8 Å². The average molecular weight is 430 g/mol. The maximum Gasteiger partial charge on any atom is 0.270 e. The van der Waals surface area contributed by atoms with Crippen molar-refractivity contribution >= 4 is 33.2 Å². The van der Waals surface area contributed by atoms with Crippen LogP contribution in [0.2, 0.25) is 0 Å². The summed E-state index contributed by atoms with van der Waals surface area (Å²) in [5.41, 5.74) is 1.99. The first-order chi connectivity index (χ1) is 13.8. The van der Waals surface area contributed by atoms with Crippen LogP contribution in [0.15, 0.2) is 74.5 Å². The monoisotopic (exact) mass is 429 g/mol. The van der Waals surface area contributed by atoms with Gasteiger partial charge < -0.3 is 10.3 Å². The van der Waals surface area contributed by atoms with Crippen molar-refractivity contribution < 1.29 is 13.2 Å². The number of anilines is 1. The lowest BCUT2D eigenvalue weighted by Crippen LogP contribution is -2.20. The molecule has 150 valence electrons. The van der Waals surface area contributed by atoms with E-state index in [9.17, 15) is 18.0 Å². The minimum absolute atomic E-state index is 0.0144. The molecule has 0 saturated carbocycles. The molecule has 0 aliphatic carbocycles. The number of nitrogens with zero attached hydrogens (tertiary/aromatic N) is 1. The van der Waals surface area contributed by atoms with Crippen molar-refractivity contribution in [3.05, 3.63) is 76.2 Å². The van der Waals surface area contributed by atoms with Crippen molar-refractivity contribution in [2.24, 2.45) is 0 Å². The number of aromatic nitrogens is 2. The summed E-state index contributed by atoms with van der Waals surface area (Å²) in [6.45, 7) is 3.88. The molecule has 7 nitrogen and oxygen atoms in total. The van der Waals surface area contributed by atoms with E-state index in [0.29, 0.717) is 5.69 Å². The molecule has 3 aromatic rings. The molecule has 1 heterocycles. The number of sulfone groups is 1. The second-order valence-electron chi connectivity index (χ2n) is 6.41. The number of carbonyl (C=O) groups excluding carboxylic acids is 1. The average Bonchev–Trinajstić information content (AvgIpc) is 2.66. The third kappa shape index (κ3) is 5.12. The summed E-state index contributed by atoms with van der Waals surface area (Å²) in [6, 6.07) is 13.4. The van der Waals surface area contributed by atoms with Crippen LogP contribution in [0.5, 0.6) is 0 Å². The largest absolute Gasteiger partial charge is 0.325 e. The standard InChI is InChI=1S/C20H19N3O4S2/c1-13-8-14(2)10-15(9-13)22-18(24)12-28-20-21-11-17(19(25)23-20)29(26,27)16-6-4-3-5-7-16/h3-11H,12H2,1-2H3,(H,22,24)(H,21,23,25). The Labute approximate surface area is 172 Å². The fourth-order valence-corrected chi connectivity index (χ4v) is 4.62. The molecule has 0 aliphatic rings. The van der Waals surface area contributed by atoms with Crippen LogP contribution in [0.25, 0.3) is 0 Å². The highest BCUT2D eigenvalue weighted by Gasteiger charge is 2.22. The van der Waals surface area contributed by atoms with Gasteiger partial charge in [-0.3, -0.25) is 9.59 Å². The van der Waals surface area contributed by atoms with E-state index in [1.54, 1.807) is 18.2 Å². The van der Waals surface area contributed by atoms with Crippen LogP contribution in [-0.2, 0) is 14.6 Å². The van der Waals surface area contributed by atoms with Gasteiger partial charge in [0.1, 0.15) is 0 Å². The number of H-pyrrole nitrogens is 1. The van der Waals surface area contributed by atoms with Gasteiger partial charge in [0.2, 0.25) is 15.7 Å². The number of aromatic amines is 1. The molecule has 2 aromatic carbocycles. The molecule has 0 bridgehead atoms. The van der Waals surface area contributed by atoms with Crippen molar-refractivity contribution in [3.8, 4) is 0 Å². The lowest BCUT2D eigenvalue weighted by Gasteiger charge is -2.08. The predicted molar refractivity (Wildman–Crippen MR) is 112 cm³/mol. The molecule has 3 rings (SSSR count). The first-order valence-corrected chi connectivity index (χ1v) is 11.1. The first-order valence-electron chi connectivity index (χ1n) is 8.66. The second-order valence-corrected chi connectivity index (χ2v) is 9.29. The highest BCUT2D eigenvalue weighted by Crippen LogP contribution is 2.19. The van der Waals surface area contributed by atoms with E-state index in [1.165, 1.54) is 12.1 Å². The third-order valence-corrected chi connectivity index (χ3v) is 6.58. The summed E-state index contributed by atoms with van der Waals surface area (Å²) in [6.07, 6.45) is 1.02. The molecule has 0 saturated heterocycles. The third-order valence-electron chi connectivity index (χ3n) is 3.93. The van der Waals surface area contributed by atoms with Crippen molar-refractivity contribution in [3.63, 3.8) is 0 Å². The number of hydrogen-bond acceptors (Lipinski definition) is 6. The summed E-state index contributed by atoms with van der Waals surface area (Å²) in [4.78, 5) is 30.4. The van der Waals surface area contributed by atoms with Crippen LogP contribution in [0.1, 0.15) is 11.1 Å². The summed E-state index contributed by atoms with van der Waals surface area (Å²) in [5.74, 6) is -0.246. The molecular weight excluding hydrogens is 410 g/mol. The molecular formula is C20H19N3O4S2. The Morgan fingerprint density at radius 3 is 2.38 bits per heavy atom. The number of aryl methyl sites for hydroxylation is 2. The second kappa shape index (κ2) is 8.62. The van der Waals surface area contributed by atoms with Crippen LogP contribution < -0.4 is 10.9 Å². The molecule has 0 spiro atoms. The molecule has 29 heavy (non-hydrogen) atoms. The summed E-state index contributed by atoms with van der Waals surface area (Å²) < 4.78 is 25.1. The highest BCUT2D eigenvalue weighted by atomic mass is 32.2.